The van der Waals surface area contributed by atoms with Gasteiger partial charge < -0.3 is 15.3 Å². The van der Waals surface area contributed by atoms with Crippen LogP contribution in [0.2, 0.25) is 0 Å². The average Bonchev–Trinajstić information content (AvgIpc) is 2.18. The highest BCUT2D eigenvalue weighted by Crippen LogP contribution is 2.20. The second-order valence-corrected chi connectivity index (χ2v) is 4.17. The van der Waals surface area contributed by atoms with E-state index in [2.05, 4.69) is 24.2 Å². The zero-order valence-electron chi connectivity index (χ0n) is 8.84. The third-order valence-electron chi connectivity index (χ3n) is 3.00. The highest BCUT2D eigenvalue weighted by molar-refractivity contribution is 4.92. The van der Waals surface area contributed by atoms with E-state index in [9.17, 15) is 5.11 Å². The lowest BCUT2D eigenvalue weighted by atomic mass is 9.88. The van der Waals surface area contributed by atoms with E-state index in [-0.39, 0.29) is 12.1 Å². The number of rotatable bonds is 4. The minimum atomic E-state index is 0.0164. The van der Waals surface area contributed by atoms with Crippen molar-refractivity contribution in [1.29, 1.82) is 0 Å². The van der Waals surface area contributed by atoms with Crippen LogP contribution in [0, 0.1) is 0 Å². The summed E-state index contributed by atoms with van der Waals surface area (Å²) in [5.74, 6) is 0. The smallest absolute Gasteiger partial charge is 0.0614 e. The fourth-order valence-corrected chi connectivity index (χ4v) is 1.83. The van der Waals surface area contributed by atoms with Crippen LogP contribution in [0.15, 0.2) is 0 Å². The number of aliphatic hydroxyl groups excluding tert-OH is 1. The molecule has 78 valence electrons. The Kier molecular flexibility index (Phi) is 4.16. The van der Waals surface area contributed by atoms with Crippen molar-refractivity contribution in [1.82, 2.24) is 10.2 Å². The Bertz CT molecular complexity index is 136. The Morgan fingerprint density at radius 3 is 2.46 bits per heavy atom. The van der Waals surface area contributed by atoms with Gasteiger partial charge in [-0.15, -0.1) is 0 Å². The van der Waals surface area contributed by atoms with Crippen molar-refractivity contribution in [2.24, 2.45) is 0 Å². The maximum absolute atomic E-state index is 9.37. The maximum Gasteiger partial charge on any atom is 0.0614 e. The zero-order chi connectivity index (χ0) is 9.73. The van der Waals surface area contributed by atoms with Crippen molar-refractivity contribution in [3.63, 3.8) is 0 Å². The molecular weight excluding hydrogens is 164 g/mol. The average molecular weight is 186 g/mol. The minimum Gasteiger partial charge on any atom is -0.394 e. The molecule has 1 rings (SSSR count). The van der Waals surface area contributed by atoms with E-state index in [0.29, 0.717) is 0 Å². The molecule has 0 amide bonds. The standard InChI is InChI=1S/C10H22N2O/c1-3-6-11-10(9-13)4-7-12(2)8-5-10/h11,13H,3-9H2,1-2H3. The lowest BCUT2D eigenvalue weighted by Gasteiger charge is -2.40. The normalized spacial score (nSPS) is 23.3. The third kappa shape index (κ3) is 2.93. The van der Waals surface area contributed by atoms with Crippen molar-refractivity contribution < 1.29 is 5.11 Å². The molecule has 1 aliphatic rings. The molecule has 1 saturated heterocycles. The van der Waals surface area contributed by atoms with Gasteiger partial charge in [-0.3, -0.25) is 0 Å². The van der Waals surface area contributed by atoms with Gasteiger partial charge in [0, 0.05) is 5.54 Å². The SMILES string of the molecule is CCCNC1(CO)CCN(C)CC1. The molecule has 0 unspecified atom stereocenters. The molecule has 0 aromatic rings. The molecule has 3 nitrogen and oxygen atoms in total. The van der Waals surface area contributed by atoms with Crippen molar-refractivity contribution in [2.45, 2.75) is 31.7 Å². The first-order chi connectivity index (χ1) is 6.22. The van der Waals surface area contributed by atoms with Gasteiger partial charge in [0.05, 0.1) is 6.61 Å². The molecule has 0 bridgehead atoms. The highest BCUT2D eigenvalue weighted by Gasteiger charge is 2.31. The third-order valence-corrected chi connectivity index (χ3v) is 3.00. The van der Waals surface area contributed by atoms with Gasteiger partial charge in [-0.2, -0.15) is 0 Å². The van der Waals surface area contributed by atoms with Gasteiger partial charge in [0.25, 0.3) is 0 Å². The van der Waals surface area contributed by atoms with E-state index < -0.39 is 0 Å². The van der Waals surface area contributed by atoms with E-state index >= 15 is 0 Å². The predicted octanol–water partition coefficient (Wildman–Crippen LogP) is 0.443. The molecule has 2 N–H and O–H groups in total. The van der Waals surface area contributed by atoms with Crippen molar-refractivity contribution >= 4 is 0 Å². The number of hydrogen-bond donors (Lipinski definition) is 2. The minimum absolute atomic E-state index is 0.0164. The largest absolute Gasteiger partial charge is 0.394 e. The summed E-state index contributed by atoms with van der Waals surface area (Å²) in [6, 6.07) is 0. The molecule has 1 aliphatic heterocycles. The molecule has 13 heavy (non-hydrogen) atoms. The number of hydrogen-bond acceptors (Lipinski definition) is 3. The van der Waals surface area contributed by atoms with Gasteiger partial charge >= 0.3 is 0 Å². The molecule has 1 heterocycles. The van der Waals surface area contributed by atoms with Crippen LogP contribution in [0.5, 0.6) is 0 Å². The van der Waals surface area contributed by atoms with E-state index in [1.807, 2.05) is 0 Å². The molecule has 0 radical (unpaired) electrons. The number of aliphatic hydroxyl groups is 1. The Hall–Kier alpha value is -0.120. The summed E-state index contributed by atoms with van der Waals surface area (Å²) in [5.41, 5.74) is 0.0164. The van der Waals surface area contributed by atoms with E-state index in [1.165, 1.54) is 0 Å². The summed E-state index contributed by atoms with van der Waals surface area (Å²) in [4.78, 5) is 2.32. The number of nitrogens with one attached hydrogen (secondary N) is 1. The first-order valence-corrected chi connectivity index (χ1v) is 5.27. The molecule has 0 atom stereocenters. The second-order valence-electron chi connectivity index (χ2n) is 4.17. The predicted molar refractivity (Wildman–Crippen MR) is 54.8 cm³/mol. The second kappa shape index (κ2) is 4.94. The van der Waals surface area contributed by atoms with Crippen LogP contribution in [0.4, 0.5) is 0 Å². The van der Waals surface area contributed by atoms with Crippen LogP contribution in [0.25, 0.3) is 0 Å². The van der Waals surface area contributed by atoms with Crippen molar-refractivity contribution in [3.05, 3.63) is 0 Å². The molecule has 1 fully saturated rings. The van der Waals surface area contributed by atoms with Gasteiger partial charge in [-0.25, -0.2) is 0 Å². The van der Waals surface area contributed by atoms with Gasteiger partial charge in [0.15, 0.2) is 0 Å². The van der Waals surface area contributed by atoms with Crippen LogP contribution in [-0.4, -0.2) is 48.8 Å². The lowest BCUT2D eigenvalue weighted by molar-refractivity contribution is 0.0896. The van der Waals surface area contributed by atoms with E-state index in [0.717, 1.165) is 38.9 Å². The molecule has 0 aromatic heterocycles. The Morgan fingerprint density at radius 2 is 2.00 bits per heavy atom. The van der Waals surface area contributed by atoms with Crippen LogP contribution in [-0.2, 0) is 0 Å². The van der Waals surface area contributed by atoms with Crippen LogP contribution < -0.4 is 5.32 Å². The quantitative estimate of drug-likeness (QED) is 0.669. The Labute approximate surface area is 81.1 Å². The molecule has 0 aliphatic carbocycles. The molecular formula is C10H22N2O. The zero-order valence-corrected chi connectivity index (χ0v) is 8.84. The first kappa shape index (κ1) is 11.0. The molecule has 0 saturated carbocycles. The number of nitrogens with zero attached hydrogens (tertiary/aromatic N) is 1. The summed E-state index contributed by atoms with van der Waals surface area (Å²) in [5, 5.41) is 12.9. The summed E-state index contributed by atoms with van der Waals surface area (Å²) >= 11 is 0. The van der Waals surface area contributed by atoms with Crippen molar-refractivity contribution in [2.75, 3.05) is 33.3 Å². The maximum atomic E-state index is 9.37. The highest BCUT2D eigenvalue weighted by atomic mass is 16.3. The molecule has 3 heteroatoms. The van der Waals surface area contributed by atoms with Crippen LogP contribution in [0.3, 0.4) is 0 Å². The van der Waals surface area contributed by atoms with Gasteiger partial charge in [-0.1, -0.05) is 6.92 Å². The van der Waals surface area contributed by atoms with E-state index in [4.69, 9.17) is 0 Å². The first-order valence-electron chi connectivity index (χ1n) is 5.27. The summed E-state index contributed by atoms with van der Waals surface area (Å²) in [6.07, 6.45) is 3.28. The van der Waals surface area contributed by atoms with E-state index in [1.54, 1.807) is 0 Å². The summed E-state index contributed by atoms with van der Waals surface area (Å²) in [7, 11) is 2.14. The Balaban J connectivity index is 2.40. The molecule has 0 spiro atoms. The molecule has 0 aromatic carbocycles. The van der Waals surface area contributed by atoms with Gasteiger partial charge in [-0.05, 0) is 45.9 Å². The lowest BCUT2D eigenvalue weighted by Crippen LogP contribution is -2.55. The van der Waals surface area contributed by atoms with Crippen molar-refractivity contribution in [3.8, 4) is 0 Å². The fourth-order valence-electron chi connectivity index (χ4n) is 1.83. The number of likely N-dealkylation sites (tertiary alicyclic amines) is 1. The summed E-state index contributed by atoms with van der Waals surface area (Å²) in [6.45, 7) is 5.65. The topological polar surface area (TPSA) is 35.5 Å². The fraction of sp³-hybridized carbons (Fsp3) is 1.00. The summed E-state index contributed by atoms with van der Waals surface area (Å²) < 4.78 is 0. The monoisotopic (exact) mass is 186 g/mol. The Morgan fingerprint density at radius 1 is 1.38 bits per heavy atom. The van der Waals surface area contributed by atoms with Crippen LogP contribution in [0.1, 0.15) is 26.2 Å². The van der Waals surface area contributed by atoms with Crippen LogP contribution >= 0.6 is 0 Å². The number of piperidine rings is 1. The van der Waals surface area contributed by atoms with Gasteiger partial charge in [0.2, 0.25) is 0 Å². The van der Waals surface area contributed by atoms with Gasteiger partial charge in [0.1, 0.15) is 0 Å².